The number of benzene rings is 1. The summed E-state index contributed by atoms with van der Waals surface area (Å²) in [5.74, 6) is 2.61. The zero-order valence-corrected chi connectivity index (χ0v) is 15.8. The van der Waals surface area contributed by atoms with Crippen molar-refractivity contribution in [1.82, 2.24) is 10.2 Å². The lowest BCUT2D eigenvalue weighted by molar-refractivity contribution is -0.122. The van der Waals surface area contributed by atoms with Gasteiger partial charge in [-0.05, 0) is 70.3 Å². The van der Waals surface area contributed by atoms with Crippen LogP contribution >= 0.6 is 0 Å². The van der Waals surface area contributed by atoms with Gasteiger partial charge >= 0.3 is 0 Å². The molecule has 25 heavy (non-hydrogen) atoms. The molecule has 5 heteroatoms. The maximum Gasteiger partial charge on any atom is 0.220 e. The van der Waals surface area contributed by atoms with Gasteiger partial charge in [-0.15, -0.1) is 0 Å². The number of likely N-dealkylation sites (N-methyl/N-ethyl adjacent to an activating group) is 1. The number of carbonyl (C=O) groups excluding carboxylic acids is 1. The van der Waals surface area contributed by atoms with Crippen molar-refractivity contribution in [1.29, 1.82) is 0 Å². The fraction of sp³-hybridized carbons (Fsp3) is 0.650. The van der Waals surface area contributed by atoms with E-state index in [0.29, 0.717) is 32.1 Å². The standard InChI is InChI=1S/C20H30N2O3/c1-20(2,22(3)4)13-21-19(23)12-16(14-5-6-14)15-7-8-17-18(11-15)25-10-9-24-17/h7-8,11,14,16H,5-6,9-10,12-13H2,1-4H3,(H,21,23). The molecule has 1 heterocycles. The molecule has 0 aromatic heterocycles. The predicted molar refractivity (Wildman–Crippen MR) is 98.3 cm³/mol. The predicted octanol–water partition coefficient (Wildman–Crippen LogP) is 2.80. The number of nitrogens with one attached hydrogen (secondary N) is 1. The average molecular weight is 346 g/mol. The van der Waals surface area contributed by atoms with Crippen molar-refractivity contribution in [2.45, 2.75) is 44.6 Å². The molecule has 1 saturated carbocycles. The van der Waals surface area contributed by atoms with Crippen molar-refractivity contribution >= 4 is 5.91 Å². The topological polar surface area (TPSA) is 50.8 Å². The van der Waals surface area contributed by atoms with E-state index in [0.717, 1.165) is 11.5 Å². The molecular formula is C20H30N2O3. The average Bonchev–Trinajstić information content (AvgIpc) is 3.42. The molecule has 3 rings (SSSR count). The highest BCUT2D eigenvalue weighted by Gasteiger charge is 2.34. The molecule has 0 spiro atoms. The quantitative estimate of drug-likeness (QED) is 0.825. The molecule has 1 aliphatic carbocycles. The Kier molecular flexibility index (Phi) is 5.23. The molecule has 1 N–H and O–H groups in total. The van der Waals surface area contributed by atoms with E-state index < -0.39 is 0 Å². The summed E-state index contributed by atoms with van der Waals surface area (Å²) < 4.78 is 11.3. The number of fused-ring (bicyclic) bond motifs is 1. The summed E-state index contributed by atoms with van der Waals surface area (Å²) >= 11 is 0. The van der Waals surface area contributed by atoms with Crippen LogP contribution in [0.5, 0.6) is 11.5 Å². The molecule has 0 radical (unpaired) electrons. The van der Waals surface area contributed by atoms with Gasteiger partial charge in [0.15, 0.2) is 11.5 Å². The van der Waals surface area contributed by atoms with Crippen molar-refractivity contribution in [3.8, 4) is 11.5 Å². The number of carbonyl (C=O) groups is 1. The van der Waals surface area contributed by atoms with Crippen LogP contribution < -0.4 is 14.8 Å². The van der Waals surface area contributed by atoms with E-state index in [4.69, 9.17) is 9.47 Å². The molecular weight excluding hydrogens is 316 g/mol. The van der Waals surface area contributed by atoms with Crippen molar-refractivity contribution < 1.29 is 14.3 Å². The van der Waals surface area contributed by atoms with Crippen LogP contribution in [0, 0.1) is 5.92 Å². The third-order valence-electron chi connectivity index (χ3n) is 5.52. The maximum atomic E-state index is 12.5. The molecule has 1 amide bonds. The van der Waals surface area contributed by atoms with Crippen LogP contribution in [0.25, 0.3) is 0 Å². The third-order valence-corrected chi connectivity index (χ3v) is 5.52. The smallest absolute Gasteiger partial charge is 0.220 e. The molecule has 2 aliphatic rings. The number of ether oxygens (including phenoxy) is 2. The Labute approximate surface area is 150 Å². The first-order valence-corrected chi connectivity index (χ1v) is 9.20. The van der Waals surface area contributed by atoms with Gasteiger partial charge in [0.25, 0.3) is 0 Å². The lowest BCUT2D eigenvalue weighted by Gasteiger charge is -2.32. The molecule has 1 atom stereocenters. The highest BCUT2D eigenvalue weighted by atomic mass is 16.6. The van der Waals surface area contributed by atoms with E-state index in [2.05, 4.69) is 36.2 Å². The summed E-state index contributed by atoms with van der Waals surface area (Å²) in [6.07, 6.45) is 2.94. The van der Waals surface area contributed by atoms with Gasteiger partial charge in [0.05, 0.1) is 0 Å². The Morgan fingerprint density at radius 1 is 1.24 bits per heavy atom. The van der Waals surface area contributed by atoms with Gasteiger partial charge in [-0.1, -0.05) is 6.07 Å². The van der Waals surface area contributed by atoms with E-state index in [-0.39, 0.29) is 17.4 Å². The van der Waals surface area contributed by atoms with Crippen LogP contribution in [-0.4, -0.2) is 50.2 Å². The SMILES string of the molecule is CN(C)C(C)(C)CNC(=O)CC(c1ccc2c(c1)OCCO2)C1CC1. The van der Waals surface area contributed by atoms with Crippen LogP contribution in [0.3, 0.4) is 0 Å². The van der Waals surface area contributed by atoms with Crippen LogP contribution in [0.4, 0.5) is 0 Å². The van der Waals surface area contributed by atoms with Crippen LogP contribution in [0.15, 0.2) is 18.2 Å². The molecule has 1 aromatic rings. The number of hydrogen-bond acceptors (Lipinski definition) is 4. The van der Waals surface area contributed by atoms with Gasteiger partial charge in [0.1, 0.15) is 13.2 Å². The van der Waals surface area contributed by atoms with E-state index >= 15 is 0 Å². The second kappa shape index (κ2) is 7.24. The lowest BCUT2D eigenvalue weighted by atomic mass is 9.90. The van der Waals surface area contributed by atoms with Crippen molar-refractivity contribution in [3.05, 3.63) is 23.8 Å². The van der Waals surface area contributed by atoms with Crippen molar-refractivity contribution in [2.75, 3.05) is 33.9 Å². The molecule has 1 fully saturated rings. The summed E-state index contributed by atoms with van der Waals surface area (Å²) in [5.41, 5.74) is 1.13. The van der Waals surface area contributed by atoms with Crippen molar-refractivity contribution in [3.63, 3.8) is 0 Å². The van der Waals surface area contributed by atoms with E-state index in [1.54, 1.807) is 0 Å². The Morgan fingerprint density at radius 3 is 2.56 bits per heavy atom. The van der Waals surface area contributed by atoms with Crippen LogP contribution in [0.1, 0.15) is 44.6 Å². The van der Waals surface area contributed by atoms with Gasteiger partial charge in [0.2, 0.25) is 5.91 Å². The highest BCUT2D eigenvalue weighted by Crippen LogP contribution is 2.46. The summed E-state index contributed by atoms with van der Waals surface area (Å²) in [5, 5.41) is 3.11. The van der Waals surface area contributed by atoms with E-state index in [9.17, 15) is 4.79 Å². The zero-order valence-electron chi connectivity index (χ0n) is 15.8. The summed E-state index contributed by atoms with van der Waals surface area (Å²) in [7, 11) is 4.07. The minimum Gasteiger partial charge on any atom is -0.486 e. The van der Waals surface area contributed by atoms with Gasteiger partial charge in [-0.3, -0.25) is 4.79 Å². The fourth-order valence-electron chi connectivity index (χ4n) is 3.09. The zero-order chi connectivity index (χ0) is 18.0. The molecule has 1 aromatic carbocycles. The normalized spacial score (nSPS) is 18.1. The first-order valence-electron chi connectivity index (χ1n) is 9.20. The lowest BCUT2D eigenvalue weighted by Crippen LogP contribution is -2.48. The Morgan fingerprint density at radius 2 is 1.92 bits per heavy atom. The summed E-state index contributed by atoms with van der Waals surface area (Å²) in [6, 6.07) is 6.13. The van der Waals surface area contributed by atoms with E-state index in [1.807, 2.05) is 20.2 Å². The van der Waals surface area contributed by atoms with E-state index in [1.165, 1.54) is 18.4 Å². The Bertz CT molecular complexity index is 623. The van der Waals surface area contributed by atoms with Crippen LogP contribution in [0.2, 0.25) is 0 Å². The van der Waals surface area contributed by atoms with Crippen molar-refractivity contribution in [2.24, 2.45) is 5.92 Å². The maximum absolute atomic E-state index is 12.5. The van der Waals surface area contributed by atoms with Gasteiger partial charge in [0, 0.05) is 18.5 Å². The molecule has 0 bridgehead atoms. The number of nitrogens with zero attached hydrogens (tertiary/aromatic N) is 1. The molecule has 5 nitrogen and oxygen atoms in total. The number of amides is 1. The van der Waals surface area contributed by atoms with Gasteiger partial charge in [-0.25, -0.2) is 0 Å². The van der Waals surface area contributed by atoms with Gasteiger partial charge in [-0.2, -0.15) is 0 Å². The molecule has 0 saturated heterocycles. The minimum absolute atomic E-state index is 0.0538. The molecule has 138 valence electrons. The largest absolute Gasteiger partial charge is 0.486 e. The third kappa shape index (κ3) is 4.46. The molecule has 1 aliphatic heterocycles. The van der Waals surface area contributed by atoms with Gasteiger partial charge < -0.3 is 19.7 Å². The first kappa shape index (κ1) is 18.1. The summed E-state index contributed by atoms with van der Waals surface area (Å²) in [4.78, 5) is 14.7. The second-order valence-electron chi connectivity index (χ2n) is 8.03. The summed E-state index contributed by atoms with van der Waals surface area (Å²) in [6.45, 7) is 6.10. The Hall–Kier alpha value is -1.75. The highest BCUT2D eigenvalue weighted by molar-refractivity contribution is 5.77. The molecule has 1 unspecified atom stereocenters. The first-order chi connectivity index (χ1) is 11.9. The fourth-order valence-corrected chi connectivity index (χ4v) is 3.09. The number of rotatable bonds is 7. The minimum atomic E-state index is -0.0538. The monoisotopic (exact) mass is 346 g/mol. The Balaban J connectivity index is 1.65. The van der Waals surface area contributed by atoms with Crippen LogP contribution in [-0.2, 0) is 4.79 Å². The number of hydrogen-bond donors (Lipinski definition) is 1. The second-order valence-corrected chi connectivity index (χ2v) is 8.03.